The molecule has 0 aliphatic carbocycles. The summed E-state index contributed by atoms with van der Waals surface area (Å²) in [5, 5.41) is 9.24. The average Bonchev–Trinajstić information content (AvgIpc) is 2.35. The van der Waals surface area contributed by atoms with Crippen LogP contribution in [0.3, 0.4) is 0 Å². The fourth-order valence-electron chi connectivity index (χ4n) is 1.86. The first kappa shape index (κ1) is 16.2. The van der Waals surface area contributed by atoms with Crippen molar-refractivity contribution in [3.8, 4) is 0 Å². The molecule has 20 heavy (non-hydrogen) atoms. The van der Waals surface area contributed by atoms with Gasteiger partial charge in [-0.2, -0.15) is 0 Å². The molecule has 0 saturated heterocycles. The van der Waals surface area contributed by atoms with Gasteiger partial charge in [0, 0.05) is 0 Å². The minimum absolute atomic E-state index is 0.0110. The van der Waals surface area contributed by atoms with Crippen molar-refractivity contribution in [3.05, 3.63) is 34.9 Å². The highest BCUT2D eigenvalue weighted by molar-refractivity contribution is 6.02. The number of carbonyl (C=O) groups is 2. The maximum Gasteiger partial charge on any atom is 0.339 e. The van der Waals surface area contributed by atoms with Gasteiger partial charge in [0.25, 0.3) is 0 Å². The van der Waals surface area contributed by atoms with Gasteiger partial charge < -0.3 is 9.84 Å². The number of aromatic carboxylic acids is 1. The number of esters is 1. The molecule has 0 aromatic heterocycles. The third-order valence-electron chi connectivity index (χ3n) is 2.73. The van der Waals surface area contributed by atoms with Crippen molar-refractivity contribution in [2.75, 3.05) is 6.61 Å². The van der Waals surface area contributed by atoms with Crippen molar-refractivity contribution in [2.24, 2.45) is 11.8 Å². The topological polar surface area (TPSA) is 63.6 Å². The summed E-state index contributed by atoms with van der Waals surface area (Å²) in [6.45, 7) is 8.26. The van der Waals surface area contributed by atoms with Crippen LogP contribution in [0.25, 0.3) is 0 Å². The monoisotopic (exact) mass is 278 g/mol. The Morgan fingerprint density at radius 3 is 2.25 bits per heavy atom. The second kappa shape index (κ2) is 7.08. The zero-order valence-corrected chi connectivity index (χ0v) is 12.5. The average molecular weight is 278 g/mol. The minimum Gasteiger partial charge on any atom is -0.478 e. The summed E-state index contributed by atoms with van der Waals surface area (Å²) in [4.78, 5) is 23.2. The molecule has 0 radical (unpaired) electrons. The molecule has 4 heteroatoms. The van der Waals surface area contributed by atoms with Gasteiger partial charge in [-0.25, -0.2) is 9.59 Å². The molecule has 0 heterocycles. The predicted molar refractivity (Wildman–Crippen MR) is 77.1 cm³/mol. The van der Waals surface area contributed by atoms with Crippen LogP contribution in [-0.4, -0.2) is 23.7 Å². The Labute approximate surface area is 119 Å². The Bertz CT molecular complexity index is 489. The number of carboxylic acids is 1. The summed E-state index contributed by atoms with van der Waals surface area (Å²) in [5.74, 6) is -1.04. The maximum atomic E-state index is 11.9. The van der Waals surface area contributed by atoms with Gasteiger partial charge in [0.05, 0.1) is 17.7 Å². The van der Waals surface area contributed by atoms with E-state index in [4.69, 9.17) is 4.74 Å². The van der Waals surface area contributed by atoms with Crippen LogP contribution in [0.5, 0.6) is 0 Å². The molecule has 0 aliphatic heterocycles. The zero-order chi connectivity index (χ0) is 15.3. The summed E-state index contributed by atoms with van der Waals surface area (Å²) in [6, 6.07) is 4.90. The fraction of sp³-hybridized carbons (Fsp3) is 0.500. The van der Waals surface area contributed by atoms with E-state index < -0.39 is 11.9 Å². The highest BCUT2D eigenvalue weighted by Gasteiger charge is 2.19. The van der Waals surface area contributed by atoms with E-state index in [1.54, 1.807) is 18.2 Å². The first-order valence-corrected chi connectivity index (χ1v) is 6.84. The summed E-state index contributed by atoms with van der Waals surface area (Å²) in [7, 11) is 0. The predicted octanol–water partition coefficient (Wildman–Crippen LogP) is 3.40. The Hall–Kier alpha value is -1.84. The maximum absolute atomic E-state index is 11.9. The van der Waals surface area contributed by atoms with Gasteiger partial charge in [0.1, 0.15) is 0 Å². The van der Waals surface area contributed by atoms with Crippen molar-refractivity contribution in [1.29, 1.82) is 0 Å². The summed E-state index contributed by atoms with van der Waals surface area (Å²) in [6.07, 6.45) is 0.779. The van der Waals surface area contributed by atoms with Crippen LogP contribution in [0.4, 0.5) is 0 Å². The molecule has 0 atom stereocenters. The van der Waals surface area contributed by atoms with Crippen molar-refractivity contribution >= 4 is 11.9 Å². The number of hydrogen-bond acceptors (Lipinski definition) is 3. The van der Waals surface area contributed by atoms with E-state index >= 15 is 0 Å². The first-order chi connectivity index (χ1) is 9.31. The molecule has 1 aromatic rings. The molecule has 0 fully saturated rings. The summed E-state index contributed by atoms with van der Waals surface area (Å²) >= 11 is 0. The summed E-state index contributed by atoms with van der Waals surface area (Å²) < 4.78 is 5.10. The highest BCUT2D eigenvalue weighted by atomic mass is 16.5. The SMILES string of the molecule is CC(C)COC(=O)c1ccc(CC(C)C)cc1C(=O)O. The smallest absolute Gasteiger partial charge is 0.339 e. The van der Waals surface area contributed by atoms with Crippen LogP contribution in [0.2, 0.25) is 0 Å². The number of hydrogen-bond donors (Lipinski definition) is 1. The molecule has 1 N–H and O–H groups in total. The van der Waals surface area contributed by atoms with Crippen LogP contribution in [0.1, 0.15) is 54.0 Å². The largest absolute Gasteiger partial charge is 0.478 e. The van der Waals surface area contributed by atoms with E-state index in [1.165, 1.54) is 0 Å². The second-order valence-corrected chi connectivity index (χ2v) is 5.78. The normalized spacial score (nSPS) is 10.9. The van der Waals surface area contributed by atoms with Crippen molar-refractivity contribution in [1.82, 2.24) is 0 Å². The van der Waals surface area contributed by atoms with Gasteiger partial charge in [-0.1, -0.05) is 33.8 Å². The van der Waals surface area contributed by atoms with E-state index in [-0.39, 0.29) is 23.7 Å². The van der Waals surface area contributed by atoms with Crippen molar-refractivity contribution in [3.63, 3.8) is 0 Å². The van der Waals surface area contributed by atoms with Gasteiger partial charge in [-0.3, -0.25) is 0 Å². The third kappa shape index (κ3) is 4.68. The molecule has 1 rings (SSSR count). The van der Waals surface area contributed by atoms with Crippen LogP contribution >= 0.6 is 0 Å². The Kier molecular flexibility index (Phi) is 5.74. The number of carboxylic acid groups (broad SMARTS) is 1. The van der Waals surface area contributed by atoms with Gasteiger partial charge in [-0.15, -0.1) is 0 Å². The molecule has 0 bridgehead atoms. The van der Waals surface area contributed by atoms with Crippen LogP contribution in [0.15, 0.2) is 18.2 Å². The standard InChI is InChI=1S/C16H22O4/c1-10(2)7-12-5-6-13(14(8-12)15(17)18)16(19)20-9-11(3)4/h5-6,8,10-11H,7,9H2,1-4H3,(H,17,18). The Morgan fingerprint density at radius 1 is 1.10 bits per heavy atom. The van der Waals surface area contributed by atoms with E-state index in [2.05, 4.69) is 13.8 Å². The lowest BCUT2D eigenvalue weighted by atomic mass is 9.98. The Morgan fingerprint density at radius 2 is 1.75 bits per heavy atom. The Balaban J connectivity index is 3.01. The van der Waals surface area contributed by atoms with Crippen molar-refractivity contribution in [2.45, 2.75) is 34.1 Å². The molecule has 0 amide bonds. The van der Waals surface area contributed by atoms with Gasteiger partial charge in [0.2, 0.25) is 0 Å². The highest BCUT2D eigenvalue weighted by Crippen LogP contribution is 2.17. The lowest BCUT2D eigenvalue weighted by Gasteiger charge is -2.11. The lowest BCUT2D eigenvalue weighted by molar-refractivity contribution is 0.0450. The van der Waals surface area contributed by atoms with E-state index in [1.807, 2.05) is 13.8 Å². The van der Waals surface area contributed by atoms with E-state index in [0.29, 0.717) is 5.92 Å². The molecular formula is C16H22O4. The fourth-order valence-corrected chi connectivity index (χ4v) is 1.86. The van der Waals surface area contributed by atoms with Gasteiger partial charge in [0.15, 0.2) is 0 Å². The number of carbonyl (C=O) groups excluding carboxylic acids is 1. The van der Waals surface area contributed by atoms with E-state index in [0.717, 1.165) is 12.0 Å². The number of rotatable bonds is 6. The molecule has 0 aliphatic rings. The minimum atomic E-state index is -1.10. The van der Waals surface area contributed by atoms with Crippen LogP contribution < -0.4 is 0 Å². The van der Waals surface area contributed by atoms with E-state index in [9.17, 15) is 14.7 Å². The quantitative estimate of drug-likeness (QED) is 0.810. The van der Waals surface area contributed by atoms with Gasteiger partial charge >= 0.3 is 11.9 Å². The van der Waals surface area contributed by atoms with Crippen LogP contribution in [-0.2, 0) is 11.2 Å². The second-order valence-electron chi connectivity index (χ2n) is 5.78. The van der Waals surface area contributed by atoms with Gasteiger partial charge in [-0.05, 0) is 36.0 Å². The molecular weight excluding hydrogens is 256 g/mol. The molecule has 4 nitrogen and oxygen atoms in total. The molecule has 0 unspecified atom stereocenters. The summed E-state index contributed by atoms with van der Waals surface area (Å²) in [5.41, 5.74) is 1.04. The third-order valence-corrected chi connectivity index (χ3v) is 2.73. The zero-order valence-electron chi connectivity index (χ0n) is 12.5. The number of ether oxygens (including phenoxy) is 1. The van der Waals surface area contributed by atoms with Crippen LogP contribution in [0, 0.1) is 11.8 Å². The molecule has 1 aromatic carbocycles. The lowest BCUT2D eigenvalue weighted by Crippen LogP contribution is -2.15. The van der Waals surface area contributed by atoms with Crippen molar-refractivity contribution < 1.29 is 19.4 Å². The molecule has 0 spiro atoms. The number of benzene rings is 1. The molecule has 110 valence electrons. The molecule has 0 saturated carbocycles. The first-order valence-electron chi connectivity index (χ1n) is 6.84.